The summed E-state index contributed by atoms with van der Waals surface area (Å²) in [4.78, 5) is 13.2. The van der Waals surface area contributed by atoms with Crippen molar-refractivity contribution >= 4 is 17.9 Å². The molecule has 8 heteroatoms. The Labute approximate surface area is 164 Å². The summed E-state index contributed by atoms with van der Waals surface area (Å²) in [5.74, 6) is -1.78. The molecule has 1 atom stereocenters. The maximum Gasteiger partial charge on any atom is 0.415 e. The Bertz CT molecular complexity index is 956. The summed E-state index contributed by atoms with van der Waals surface area (Å²) in [6.07, 6.45) is -4.87. The van der Waals surface area contributed by atoms with Gasteiger partial charge in [0.05, 0.1) is 5.70 Å². The Kier molecular flexibility index (Phi) is 5.15. The molecule has 1 aliphatic rings. The van der Waals surface area contributed by atoms with Crippen molar-refractivity contribution in [1.82, 2.24) is 4.90 Å². The van der Waals surface area contributed by atoms with Crippen LogP contribution in [0.2, 0.25) is 0 Å². The van der Waals surface area contributed by atoms with Crippen LogP contribution in [0.4, 0.5) is 26.7 Å². The van der Waals surface area contributed by atoms with Crippen molar-refractivity contribution in [2.45, 2.75) is 38.6 Å². The van der Waals surface area contributed by atoms with Gasteiger partial charge in [-0.1, -0.05) is 24.3 Å². The van der Waals surface area contributed by atoms with Crippen molar-refractivity contribution in [3.8, 4) is 0 Å². The minimum absolute atomic E-state index is 0.0244. The fourth-order valence-corrected chi connectivity index (χ4v) is 3.18. The van der Waals surface area contributed by atoms with Gasteiger partial charge < -0.3 is 4.74 Å². The number of fused-ring (bicyclic) bond motifs is 1. The van der Waals surface area contributed by atoms with E-state index in [1.54, 1.807) is 0 Å². The van der Waals surface area contributed by atoms with E-state index in [1.807, 2.05) is 0 Å². The third-order valence-electron chi connectivity index (χ3n) is 4.14. The van der Waals surface area contributed by atoms with Gasteiger partial charge in [0.1, 0.15) is 17.2 Å². The third kappa shape index (κ3) is 4.41. The summed E-state index contributed by atoms with van der Waals surface area (Å²) < 4.78 is 74.1. The Balaban J connectivity index is 2.21. The molecular formula is C21H18F5NO2. The van der Waals surface area contributed by atoms with E-state index in [0.717, 1.165) is 18.2 Å². The largest absolute Gasteiger partial charge is 0.443 e. The van der Waals surface area contributed by atoms with Crippen molar-refractivity contribution in [2.75, 3.05) is 0 Å². The molecular weight excluding hydrogens is 393 g/mol. The highest BCUT2D eigenvalue weighted by Crippen LogP contribution is 2.50. The number of ether oxygens (including phenoxy) is 1. The smallest absolute Gasteiger partial charge is 0.415 e. The molecule has 0 bridgehead atoms. The highest BCUT2D eigenvalue weighted by Gasteiger charge is 2.53. The number of carbonyl (C=O) groups excluding carboxylic acids is 1. The first-order valence-electron chi connectivity index (χ1n) is 8.73. The lowest BCUT2D eigenvalue weighted by Crippen LogP contribution is -2.40. The van der Waals surface area contributed by atoms with E-state index < -0.39 is 35.5 Å². The molecule has 0 spiro atoms. The molecule has 2 aromatic carbocycles. The van der Waals surface area contributed by atoms with Crippen LogP contribution in [0.25, 0.3) is 11.8 Å². The number of rotatable bonds is 1. The minimum Gasteiger partial charge on any atom is -0.443 e. The average molecular weight is 411 g/mol. The van der Waals surface area contributed by atoms with Crippen LogP contribution in [0.15, 0.2) is 42.5 Å². The lowest BCUT2D eigenvalue weighted by Gasteiger charge is -2.30. The Morgan fingerprint density at radius 2 is 1.62 bits per heavy atom. The fourth-order valence-electron chi connectivity index (χ4n) is 3.18. The highest BCUT2D eigenvalue weighted by atomic mass is 19.4. The standard InChI is InChI=1S/C21H18F5NO2/c1-20(2,3)29-19(28)27-17(10-12-8-13(22)11-14(23)9-12)15-6-4-5-7-16(15)18(27)21(24,25)26/h4-11,18H,1-3H3/b17-10+/t18-/m0/s1. The maximum absolute atomic E-state index is 13.9. The van der Waals surface area contributed by atoms with Gasteiger partial charge in [0.2, 0.25) is 0 Å². The van der Waals surface area contributed by atoms with Crippen LogP contribution in [0.3, 0.4) is 0 Å². The number of carbonyl (C=O) groups is 1. The molecule has 3 rings (SSSR count). The number of amides is 1. The molecule has 0 saturated carbocycles. The van der Waals surface area contributed by atoms with Gasteiger partial charge in [-0.15, -0.1) is 0 Å². The van der Waals surface area contributed by atoms with E-state index in [2.05, 4.69) is 0 Å². The maximum atomic E-state index is 13.9. The SMILES string of the molecule is CC(C)(C)OC(=O)N1/C(=C/c2cc(F)cc(F)c2)c2ccccc2[C@H]1C(F)(F)F. The Hall–Kier alpha value is -2.90. The Morgan fingerprint density at radius 3 is 2.17 bits per heavy atom. The molecule has 0 fully saturated rings. The van der Waals surface area contributed by atoms with Gasteiger partial charge in [0.15, 0.2) is 6.04 Å². The molecule has 0 aliphatic carbocycles. The predicted molar refractivity (Wildman–Crippen MR) is 97.5 cm³/mol. The first kappa shape index (κ1) is 20.8. The number of benzene rings is 2. The van der Waals surface area contributed by atoms with Gasteiger partial charge in [-0.25, -0.2) is 13.6 Å². The third-order valence-corrected chi connectivity index (χ3v) is 4.14. The van der Waals surface area contributed by atoms with Crippen LogP contribution in [0.5, 0.6) is 0 Å². The molecule has 154 valence electrons. The first-order chi connectivity index (χ1) is 13.4. The normalized spacial score (nSPS) is 18.1. The summed E-state index contributed by atoms with van der Waals surface area (Å²) in [7, 11) is 0. The van der Waals surface area contributed by atoms with Gasteiger partial charge in [0, 0.05) is 11.6 Å². The molecule has 1 aliphatic heterocycles. The zero-order chi connectivity index (χ0) is 21.6. The first-order valence-corrected chi connectivity index (χ1v) is 8.73. The topological polar surface area (TPSA) is 29.5 Å². The number of hydrogen-bond acceptors (Lipinski definition) is 2. The molecule has 1 heterocycles. The van der Waals surface area contributed by atoms with Crippen LogP contribution in [0, 0.1) is 11.6 Å². The monoisotopic (exact) mass is 411 g/mol. The average Bonchev–Trinajstić information content (AvgIpc) is 2.87. The van der Waals surface area contributed by atoms with E-state index in [1.165, 1.54) is 45.0 Å². The van der Waals surface area contributed by atoms with Crippen LogP contribution in [0.1, 0.15) is 43.5 Å². The lowest BCUT2D eigenvalue weighted by molar-refractivity contribution is -0.173. The van der Waals surface area contributed by atoms with Crippen molar-refractivity contribution < 1.29 is 31.5 Å². The predicted octanol–water partition coefficient (Wildman–Crippen LogP) is 6.32. The highest BCUT2D eigenvalue weighted by molar-refractivity contribution is 5.94. The van der Waals surface area contributed by atoms with E-state index in [9.17, 15) is 26.7 Å². The van der Waals surface area contributed by atoms with Gasteiger partial charge in [-0.2, -0.15) is 13.2 Å². The lowest BCUT2D eigenvalue weighted by atomic mass is 10.0. The second-order valence-electron chi connectivity index (χ2n) is 7.61. The van der Waals surface area contributed by atoms with Crippen molar-refractivity contribution in [3.63, 3.8) is 0 Å². The van der Waals surface area contributed by atoms with E-state index in [4.69, 9.17) is 4.74 Å². The van der Waals surface area contributed by atoms with E-state index in [-0.39, 0.29) is 22.4 Å². The van der Waals surface area contributed by atoms with Crippen LogP contribution in [-0.2, 0) is 4.74 Å². The fraction of sp³-hybridized carbons (Fsp3) is 0.286. The second kappa shape index (κ2) is 7.17. The van der Waals surface area contributed by atoms with Crippen molar-refractivity contribution in [2.24, 2.45) is 0 Å². The molecule has 0 radical (unpaired) electrons. The van der Waals surface area contributed by atoms with Gasteiger partial charge in [-0.05, 0) is 50.1 Å². The van der Waals surface area contributed by atoms with Crippen LogP contribution >= 0.6 is 0 Å². The van der Waals surface area contributed by atoms with E-state index in [0.29, 0.717) is 11.0 Å². The number of nitrogens with zero attached hydrogens (tertiary/aromatic N) is 1. The van der Waals surface area contributed by atoms with Crippen LogP contribution in [-0.4, -0.2) is 22.8 Å². The number of halogens is 5. The molecule has 0 N–H and O–H groups in total. The zero-order valence-corrected chi connectivity index (χ0v) is 15.8. The molecule has 3 nitrogen and oxygen atoms in total. The summed E-state index contributed by atoms with van der Waals surface area (Å²) >= 11 is 0. The van der Waals surface area contributed by atoms with Gasteiger partial charge >= 0.3 is 12.3 Å². The summed E-state index contributed by atoms with van der Waals surface area (Å²) in [5.41, 5.74) is -1.23. The molecule has 1 amide bonds. The van der Waals surface area contributed by atoms with Gasteiger partial charge in [-0.3, -0.25) is 4.90 Å². The quantitative estimate of drug-likeness (QED) is 0.514. The van der Waals surface area contributed by atoms with E-state index >= 15 is 0 Å². The Morgan fingerprint density at radius 1 is 1.03 bits per heavy atom. The molecule has 29 heavy (non-hydrogen) atoms. The zero-order valence-electron chi connectivity index (χ0n) is 15.8. The molecule has 0 aromatic heterocycles. The van der Waals surface area contributed by atoms with Gasteiger partial charge in [0.25, 0.3) is 0 Å². The summed E-state index contributed by atoms with van der Waals surface area (Å²) in [5, 5.41) is 0. The number of hydrogen-bond donors (Lipinski definition) is 0. The van der Waals surface area contributed by atoms with Crippen molar-refractivity contribution in [1.29, 1.82) is 0 Å². The summed E-state index contributed by atoms with van der Waals surface area (Å²) in [6, 6.07) is 5.92. The molecule has 0 saturated heterocycles. The summed E-state index contributed by atoms with van der Waals surface area (Å²) in [6.45, 7) is 4.59. The number of alkyl halides is 3. The molecule has 0 unspecified atom stereocenters. The second-order valence-corrected chi connectivity index (χ2v) is 7.61. The minimum atomic E-state index is -4.80. The molecule has 2 aromatic rings. The van der Waals surface area contributed by atoms with Crippen LogP contribution < -0.4 is 0 Å². The van der Waals surface area contributed by atoms with Crippen molar-refractivity contribution in [3.05, 3.63) is 70.8 Å².